The standard InChI is InChI=1S/C16H25N3OS/c1-4-19(10-16(2,3)20)15-12(14(17)21)9-11-7-5-6-8-13(11)18-15/h9,20H,4-8,10H2,1-3H3,(H2,17,21). The lowest BCUT2D eigenvalue weighted by molar-refractivity contribution is 0.0874. The fourth-order valence-corrected chi connectivity index (χ4v) is 3.00. The Labute approximate surface area is 132 Å². The molecule has 0 saturated carbocycles. The van der Waals surface area contributed by atoms with Gasteiger partial charge in [0.2, 0.25) is 0 Å². The Hall–Kier alpha value is -1.20. The number of aromatic nitrogens is 1. The van der Waals surface area contributed by atoms with Crippen molar-refractivity contribution >= 4 is 23.0 Å². The maximum atomic E-state index is 10.1. The quantitative estimate of drug-likeness (QED) is 0.817. The number of thiocarbonyl (C=S) groups is 1. The monoisotopic (exact) mass is 307 g/mol. The van der Waals surface area contributed by atoms with Crippen LogP contribution >= 0.6 is 12.2 Å². The molecule has 0 aliphatic heterocycles. The number of hydrogen-bond acceptors (Lipinski definition) is 4. The molecule has 0 aromatic carbocycles. The first-order chi connectivity index (χ1) is 9.81. The van der Waals surface area contributed by atoms with Gasteiger partial charge in [-0.3, -0.25) is 0 Å². The summed E-state index contributed by atoms with van der Waals surface area (Å²) in [6.45, 7) is 6.91. The molecular formula is C16H25N3OS. The van der Waals surface area contributed by atoms with Gasteiger partial charge in [0.05, 0.1) is 11.2 Å². The maximum Gasteiger partial charge on any atom is 0.139 e. The first kappa shape index (κ1) is 16.2. The van der Waals surface area contributed by atoms with E-state index in [0.29, 0.717) is 11.5 Å². The van der Waals surface area contributed by atoms with Crippen LogP contribution in [0, 0.1) is 0 Å². The van der Waals surface area contributed by atoms with Crippen LogP contribution in [0.5, 0.6) is 0 Å². The third-order valence-electron chi connectivity index (χ3n) is 3.81. The van der Waals surface area contributed by atoms with Crippen LogP contribution in [0.25, 0.3) is 0 Å². The molecule has 4 nitrogen and oxygen atoms in total. The van der Waals surface area contributed by atoms with Gasteiger partial charge in [-0.2, -0.15) is 0 Å². The average molecular weight is 307 g/mol. The molecule has 3 N–H and O–H groups in total. The van der Waals surface area contributed by atoms with Crippen molar-refractivity contribution < 1.29 is 5.11 Å². The SMILES string of the molecule is CCN(CC(C)(C)O)c1nc2c(cc1C(N)=S)CCCC2. The molecule has 1 aromatic heterocycles. The van der Waals surface area contributed by atoms with Gasteiger partial charge in [-0.1, -0.05) is 12.2 Å². The van der Waals surface area contributed by atoms with Crippen LogP contribution in [0.15, 0.2) is 6.07 Å². The van der Waals surface area contributed by atoms with Crippen LogP contribution < -0.4 is 10.6 Å². The number of nitrogens with two attached hydrogens (primary N) is 1. The number of anilines is 1. The summed E-state index contributed by atoms with van der Waals surface area (Å²) in [6.07, 6.45) is 4.45. The molecule has 0 bridgehead atoms. The molecule has 0 amide bonds. The van der Waals surface area contributed by atoms with Crippen molar-refractivity contribution in [1.29, 1.82) is 0 Å². The lowest BCUT2D eigenvalue weighted by Gasteiger charge is -2.31. The zero-order chi connectivity index (χ0) is 15.6. The number of fused-ring (bicyclic) bond motifs is 1. The minimum absolute atomic E-state index is 0.375. The van der Waals surface area contributed by atoms with Gasteiger partial charge in [0.15, 0.2) is 0 Å². The van der Waals surface area contributed by atoms with Crippen molar-refractivity contribution in [3.05, 3.63) is 22.9 Å². The van der Waals surface area contributed by atoms with Crippen molar-refractivity contribution in [2.75, 3.05) is 18.0 Å². The number of hydrogen-bond donors (Lipinski definition) is 2. The molecule has 0 atom stereocenters. The Morgan fingerprint density at radius 1 is 1.43 bits per heavy atom. The van der Waals surface area contributed by atoms with E-state index in [2.05, 4.69) is 17.9 Å². The number of rotatable bonds is 5. The second-order valence-corrected chi connectivity index (χ2v) is 6.80. The van der Waals surface area contributed by atoms with Crippen LogP contribution in [0.1, 0.15) is 50.4 Å². The normalized spacial score (nSPS) is 14.7. The number of aryl methyl sites for hydroxylation is 2. The van der Waals surface area contributed by atoms with Gasteiger partial charge in [-0.25, -0.2) is 4.98 Å². The van der Waals surface area contributed by atoms with Crippen LogP contribution in [-0.4, -0.2) is 33.8 Å². The highest BCUT2D eigenvalue weighted by Gasteiger charge is 2.23. The molecule has 1 aromatic rings. The van der Waals surface area contributed by atoms with E-state index in [1.807, 2.05) is 0 Å². The van der Waals surface area contributed by atoms with Crippen LogP contribution in [0.2, 0.25) is 0 Å². The lowest BCUT2D eigenvalue weighted by Crippen LogP contribution is -2.40. The summed E-state index contributed by atoms with van der Waals surface area (Å²) in [7, 11) is 0. The summed E-state index contributed by atoms with van der Waals surface area (Å²) in [5.74, 6) is 0.813. The number of aliphatic hydroxyl groups is 1. The van der Waals surface area contributed by atoms with Gasteiger partial charge in [0.1, 0.15) is 10.8 Å². The second kappa shape index (κ2) is 6.28. The molecule has 0 fully saturated rings. The summed E-state index contributed by atoms with van der Waals surface area (Å²) < 4.78 is 0. The highest BCUT2D eigenvalue weighted by Crippen LogP contribution is 2.27. The summed E-state index contributed by atoms with van der Waals surface area (Å²) in [6, 6.07) is 2.10. The highest BCUT2D eigenvalue weighted by molar-refractivity contribution is 7.80. The zero-order valence-corrected chi connectivity index (χ0v) is 14.0. The van der Waals surface area contributed by atoms with Crippen molar-refractivity contribution in [2.45, 2.75) is 52.1 Å². The predicted octanol–water partition coefficient (Wildman–Crippen LogP) is 2.19. The molecule has 0 unspecified atom stereocenters. The molecule has 2 rings (SSSR count). The van der Waals surface area contributed by atoms with Gasteiger partial charge < -0.3 is 15.7 Å². The minimum Gasteiger partial charge on any atom is -0.389 e. The molecule has 0 saturated heterocycles. The predicted molar refractivity (Wildman–Crippen MR) is 91.0 cm³/mol. The van der Waals surface area contributed by atoms with E-state index in [0.717, 1.165) is 36.5 Å². The van der Waals surface area contributed by atoms with E-state index < -0.39 is 5.60 Å². The van der Waals surface area contributed by atoms with Gasteiger partial charge >= 0.3 is 0 Å². The van der Waals surface area contributed by atoms with E-state index in [9.17, 15) is 5.11 Å². The van der Waals surface area contributed by atoms with E-state index in [1.54, 1.807) is 13.8 Å². The highest BCUT2D eigenvalue weighted by atomic mass is 32.1. The Kier molecular flexibility index (Phi) is 4.84. The average Bonchev–Trinajstić information content (AvgIpc) is 2.42. The first-order valence-corrected chi connectivity index (χ1v) is 8.02. The summed E-state index contributed by atoms with van der Waals surface area (Å²) in [5, 5.41) is 10.1. The summed E-state index contributed by atoms with van der Waals surface area (Å²) >= 11 is 5.21. The molecule has 1 heterocycles. The molecule has 1 aliphatic carbocycles. The Bertz CT molecular complexity index is 537. The van der Waals surface area contributed by atoms with Gasteiger partial charge in [-0.15, -0.1) is 0 Å². The fraction of sp³-hybridized carbons (Fsp3) is 0.625. The molecule has 0 spiro atoms. The third-order valence-corrected chi connectivity index (χ3v) is 4.03. The molecule has 21 heavy (non-hydrogen) atoms. The topological polar surface area (TPSA) is 62.4 Å². The van der Waals surface area contributed by atoms with E-state index in [-0.39, 0.29) is 0 Å². The number of nitrogens with zero attached hydrogens (tertiary/aromatic N) is 2. The molecule has 1 aliphatic rings. The van der Waals surface area contributed by atoms with E-state index in [1.165, 1.54) is 18.4 Å². The number of likely N-dealkylation sites (N-methyl/N-ethyl adjacent to an activating group) is 1. The van der Waals surface area contributed by atoms with Crippen LogP contribution in [0.4, 0.5) is 5.82 Å². The van der Waals surface area contributed by atoms with Crippen LogP contribution in [0.3, 0.4) is 0 Å². The van der Waals surface area contributed by atoms with Crippen molar-refractivity contribution in [1.82, 2.24) is 4.98 Å². The second-order valence-electron chi connectivity index (χ2n) is 6.36. The minimum atomic E-state index is -0.791. The van der Waals surface area contributed by atoms with Gasteiger partial charge in [0, 0.05) is 18.8 Å². The van der Waals surface area contributed by atoms with Gasteiger partial charge in [-0.05, 0) is 58.1 Å². The Morgan fingerprint density at radius 2 is 2.10 bits per heavy atom. The molecular weight excluding hydrogens is 282 g/mol. The molecule has 116 valence electrons. The molecule has 0 radical (unpaired) electrons. The molecule has 5 heteroatoms. The maximum absolute atomic E-state index is 10.1. The van der Waals surface area contributed by atoms with Crippen molar-refractivity contribution in [3.8, 4) is 0 Å². The zero-order valence-electron chi connectivity index (χ0n) is 13.1. The Balaban J connectivity index is 2.46. The van der Waals surface area contributed by atoms with Crippen LogP contribution in [-0.2, 0) is 12.8 Å². The van der Waals surface area contributed by atoms with Crippen molar-refractivity contribution in [2.24, 2.45) is 5.73 Å². The van der Waals surface area contributed by atoms with E-state index >= 15 is 0 Å². The summed E-state index contributed by atoms with van der Waals surface area (Å²) in [5.41, 5.74) is 8.37. The Morgan fingerprint density at radius 3 is 2.67 bits per heavy atom. The van der Waals surface area contributed by atoms with Gasteiger partial charge in [0.25, 0.3) is 0 Å². The van der Waals surface area contributed by atoms with Crippen molar-refractivity contribution in [3.63, 3.8) is 0 Å². The first-order valence-electron chi connectivity index (χ1n) is 7.61. The lowest BCUT2D eigenvalue weighted by atomic mass is 9.94. The number of pyridine rings is 1. The summed E-state index contributed by atoms with van der Waals surface area (Å²) in [4.78, 5) is 7.27. The smallest absolute Gasteiger partial charge is 0.139 e. The van der Waals surface area contributed by atoms with E-state index in [4.69, 9.17) is 22.9 Å². The largest absolute Gasteiger partial charge is 0.389 e. The third kappa shape index (κ3) is 3.92. The fourth-order valence-electron chi connectivity index (χ4n) is 2.85.